The molecule has 3 aromatic heterocycles. The summed E-state index contributed by atoms with van der Waals surface area (Å²) in [6, 6.07) is 15.3. The summed E-state index contributed by atoms with van der Waals surface area (Å²) in [4.78, 5) is 53.3. The van der Waals surface area contributed by atoms with Crippen LogP contribution in [0.4, 0.5) is 5.82 Å². The Kier molecular flexibility index (Phi) is 13.8. The van der Waals surface area contributed by atoms with Crippen LogP contribution < -0.4 is 16.0 Å². The Bertz CT molecular complexity index is 2470. The van der Waals surface area contributed by atoms with Gasteiger partial charge in [-0.2, -0.15) is 5.10 Å². The van der Waals surface area contributed by atoms with Crippen LogP contribution >= 0.6 is 11.3 Å². The van der Waals surface area contributed by atoms with Crippen molar-refractivity contribution in [3.05, 3.63) is 71.4 Å². The number of likely N-dealkylation sites (tertiary alicyclic amines) is 3. The Morgan fingerprint density at radius 1 is 0.938 bits per heavy atom. The lowest BCUT2D eigenvalue weighted by Crippen LogP contribution is -2.59. The molecule has 8 rings (SSSR count). The SMILES string of the molecule is CNc1nn(C2CCN(CC3CCN(CC(=O)NC(C(=O)N4C[C@H](O)C[C@H]4C(=O)NC(C)c4ccc(-c5scnc5C)cc4)C(C)(C)C)CC3)CC2)c2cc(-c3ccccc3O)nnc12. The van der Waals surface area contributed by atoms with Crippen molar-refractivity contribution in [2.75, 3.05) is 58.2 Å². The zero-order valence-corrected chi connectivity index (χ0v) is 39.1. The molecule has 4 atom stereocenters. The monoisotopic (exact) mass is 905 g/mol. The third kappa shape index (κ3) is 10.3. The van der Waals surface area contributed by atoms with E-state index >= 15 is 0 Å². The van der Waals surface area contributed by atoms with Gasteiger partial charge in [0.15, 0.2) is 11.3 Å². The minimum atomic E-state index is -0.881. The number of β-amino-alcohol motifs (C(OH)–C–C–N with tert-alkyl or cyclic N) is 1. The Labute approximate surface area is 384 Å². The predicted molar refractivity (Wildman–Crippen MR) is 252 cm³/mol. The molecule has 346 valence electrons. The van der Waals surface area contributed by atoms with E-state index in [9.17, 15) is 24.6 Å². The van der Waals surface area contributed by atoms with Gasteiger partial charge in [-0.25, -0.2) is 4.98 Å². The number of nitrogens with zero attached hydrogens (tertiary/aromatic N) is 8. The maximum atomic E-state index is 14.3. The van der Waals surface area contributed by atoms with Gasteiger partial charge in [-0.1, -0.05) is 57.2 Å². The highest BCUT2D eigenvalue weighted by atomic mass is 32.1. The van der Waals surface area contributed by atoms with E-state index in [2.05, 4.69) is 45.6 Å². The molecule has 5 N–H and O–H groups in total. The quantitative estimate of drug-likeness (QED) is 0.101. The number of carbonyl (C=O) groups excluding carboxylic acids is 3. The number of para-hydroxylation sites is 1. The summed E-state index contributed by atoms with van der Waals surface area (Å²) in [6.07, 6.45) is 3.14. The van der Waals surface area contributed by atoms with E-state index in [0.29, 0.717) is 28.5 Å². The number of nitrogens with one attached hydrogen (secondary N) is 3. The Balaban J connectivity index is 0.812. The number of amides is 3. The third-order valence-corrected chi connectivity index (χ3v) is 14.4. The molecule has 0 spiro atoms. The minimum absolute atomic E-state index is 0.0240. The van der Waals surface area contributed by atoms with E-state index in [1.54, 1.807) is 23.5 Å². The first-order valence-electron chi connectivity index (χ1n) is 22.9. The number of carbonyl (C=O) groups is 3. The zero-order valence-electron chi connectivity index (χ0n) is 38.3. The molecule has 16 nitrogen and oxygen atoms in total. The smallest absolute Gasteiger partial charge is 0.246 e. The average Bonchev–Trinajstić information content (AvgIpc) is 4.02. The molecular formula is C48H63N11O5S. The highest BCUT2D eigenvalue weighted by Gasteiger charge is 2.45. The Morgan fingerprint density at radius 3 is 2.31 bits per heavy atom. The summed E-state index contributed by atoms with van der Waals surface area (Å²) in [5.41, 5.74) is 6.99. The summed E-state index contributed by atoms with van der Waals surface area (Å²) in [5, 5.41) is 44.3. The van der Waals surface area contributed by atoms with Gasteiger partial charge < -0.3 is 36.0 Å². The van der Waals surface area contributed by atoms with Crippen molar-refractivity contribution in [3.8, 4) is 27.4 Å². The molecular weight excluding hydrogens is 843 g/mol. The number of benzene rings is 2. The molecule has 0 radical (unpaired) electrons. The maximum absolute atomic E-state index is 14.3. The predicted octanol–water partition coefficient (Wildman–Crippen LogP) is 5.39. The zero-order chi connectivity index (χ0) is 46.0. The number of anilines is 1. The fourth-order valence-electron chi connectivity index (χ4n) is 9.67. The summed E-state index contributed by atoms with van der Waals surface area (Å²) >= 11 is 1.59. The molecule has 65 heavy (non-hydrogen) atoms. The lowest BCUT2D eigenvalue weighted by Gasteiger charge is -2.38. The van der Waals surface area contributed by atoms with Crippen molar-refractivity contribution < 1.29 is 24.6 Å². The van der Waals surface area contributed by atoms with Crippen LogP contribution in [0.15, 0.2) is 60.1 Å². The van der Waals surface area contributed by atoms with E-state index in [1.807, 2.05) is 89.6 Å². The van der Waals surface area contributed by atoms with Crippen LogP contribution in [-0.4, -0.2) is 139 Å². The van der Waals surface area contributed by atoms with Crippen LogP contribution in [0, 0.1) is 18.3 Å². The standard InChI is InChI=1S/C48H63N11O5S/c1-29(32-11-13-33(14-12-32)43-30(2)50-28-65-43)51-46(63)39-23-35(60)26-58(39)47(64)44(48(3,4)5)52-41(62)27-57-19-15-31(16-20-57)25-56-21-17-34(18-22-56)59-38-24-37(36-9-7-8-10-40(36)61)53-54-42(38)45(49-6)55-59/h7-14,24,28-29,31,34-35,39,44,60-61H,15-23,25-27H2,1-6H3,(H,49,55)(H,51,63)(H,52,62)/t29?,35-,39+,44?/m1/s1. The van der Waals surface area contributed by atoms with Crippen molar-refractivity contribution in [1.29, 1.82) is 0 Å². The van der Waals surface area contributed by atoms with Crippen LogP contribution in [0.25, 0.3) is 32.7 Å². The van der Waals surface area contributed by atoms with Gasteiger partial charge >= 0.3 is 0 Å². The minimum Gasteiger partial charge on any atom is -0.507 e. The molecule has 3 aliphatic heterocycles. The van der Waals surface area contributed by atoms with Gasteiger partial charge in [-0.05, 0) is 93.3 Å². The molecule has 0 bridgehead atoms. The molecule has 5 aromatic rings. The summed E-state index contributed by atoms with van der Waals surface area (Å²) in [5.74, 6) is 0.446. The largest absolute Gasteiger partial charge is 0.507 e. The van der Waals surface area contributed by atoms with Crippen LogP contribution in [-0.2, 0) is 14.4 Å². The van der Waals surface area contributed by atoms with Crippen molar-refractivity contribution in [3.63, 3.8) is 0 Å². The second-order valence-electron chi connectivity index (χ2n) is 19.2. The normalized spacial score (nSPS) is 20.2. The second kappa shape index (κ2) is 19.5. The fourth-order valence-corrected chi connectivity index (χ4v) is 10.5. The fraction of sp³-hybridized carbons (Fsp3) is 0.521. The van der Waals surface area contributed by atoms with Crippen LogP contribution in [0.2, 0.25) is 0 Å². The van der Waals surface area contributed by atoms with Gasteiger partial charge in [0.1, 0.15) is 17.8 Å². The number of fused-ring (bicyclic) bond motifs is 1. The van der Waals surface area contributed by atoms with E-state index in [1.165, 1.54) is 4.90 Å². The van der Waals surface area contributed by atoms with Crippen LogP contribution in [0.1, 0.15) is 83.1 Å². The maximum Gasteiger partial charge on any atom is 0.246 e. The van der Waals surface area contributed by atoms with Crippen molar-refractivity contribution >= 4 is 45.9 Å². The van der Waals surface area contributed by atoms with E-state index in [0.717, 1.165) is 85.6 Å². The number of hydrogen-bond donors (Lipinski definition) is 5. The highest BCUT2D eigenvalue weighted by molar-refractivity contribution is 7.13. The van der Waals surface area contributed by atoms with Crippen molar-refractivity contribution in [2.45, 2.75) is 97.0 Å². The van der Waals surface area contributed by atoms with E-state index < -0.39 is 23.6 Å². The Morgan fingerprint density at radius 2 is 1.65 bits per heavy atom. The van der Waals surface area contributed by atoms with Crippen molar-refractivity contribution in [2.24, 2.45) is 11.3 Å². The number of phenols is 1. The first-order valence-corrected chi connectivity index (χ1v) is 23.8. The first-order chi connectivity index (χ1) is 31.2. The number of phenolic OH excluding ortho intramolecular Hbond substituents is 1. The number of thiazole rings is 1. The number of hydrogen-bond acceptors (Lipinski definition) is 13. The van der Waals surface area contributed by atoms with Gasteiger partial charge in [-0.15, -0.1) is 21.5 Å². The molecule has 3 amide bonds. The van der Waals surface area contributed by atoms with Crippen LogP contribution in [0.3, 0.4) is 0 Å². The molecule has 3 fully saturated rings. The third-order valence-electron chi connectivity index (χ3n) is 13.4. The number of aromatic nitrogens is 5. The highest BCUT2D eigenvalue weighted by Crippen LogP contribution is 2.35. The van der Waals surface area contributed by atoms with Gasteiger partial charge in [0, 0.05) is 45.2 Å². The number of aliphatic hydroxyl groups excluding tert-OH is 1. The van der Waals surface area contributed by atoms with E-state index in [4.69, 9.17) is 5.10 Å². The summed E-state index contributed by atoms with van der Waals surface area (Å²) < 4.78 is 2.08. The van der Waals surface area contributed by atoms with Gasteiger partial charge in [0.05, 0.1) is 52.0 Å². The number of aromatic hydroxyl groups is 1. The molecule has 17 heteroatoms. The lowest BCUT2D eigenvalue weighted by molar-refractivity contribution is -0.144. The van der Waals surface area contributed by atoms with Crippen LogP contribution in [0.5, 0.6) is 5.75 Å². The molecule has 3 saturated heterocycles. The molecule has 0 saturated carbocycles. The number of aryl methyl sites for hydroxylation is 1. The number of rotatable bonds is 13. The van der Waals surface area contributed by atoms with Gasteiger partial charge in [0.2, 0.25) is 17.7 Å². The summed E-state index contributed by atoms with van der Waals surface area (Å²) in [7, 11) is 1.84. The number of aliphatic hydroxyl groups is 1. The van der Waals surface area contributed by atoms with Gasteiger partial charge in [-0.3, -0.25) is 24.0 Å². The molecule has 6 heterocycles. The molecule has 3 aliphatic rings. The molecule has 0 aliphatic carbocycles. The number of piperidine rings is 2. The van der Waals surface area contributed by atoms with E-state index in [-0.39, 0.29) is 55.1 Å². The summed E-state index contributed by atoms with van der Waals surface area (Å²) in [6.45, 7) is 14.3. The van der Waals surface area contributed by atoms with Gasteiger partial charge in [0.25, 0.3) is 0 Å². The lowest BCUT2D eigenvalue weighted by atomic mass is 9.85. The average molecular weight is 906 g/mol. The first kappa shape index (κ1) is 46.1. The second-order valence-corrected chi connectivity index (χ2v) is 20.0. The molecule has 2 unspecified atom stereocenters. The molecule has 2 aromatic carbocycles. The Hall–Kier alpha value is -5.49. The van der Waals surface area contributed by atoms with Crippen molar-refractivity contribution in [1.82, 2.24) is 50.3 Å². The topological polar surface area (TPSA) is 194 Å².